The fourth-order valence-corrected chi connectivity index (χ4v) is 2.82. The minimum Gasteiger partial charge on any atom is -0.302 e. The van der Waals surface area contributed by atoms with Crippen LogP contribution in [0.2, 0.25) is 0 Å². The zero-order valence-electron chi connectivity index (χ0n) is 11.6. The van der Waals surface area contributed by atoms with Crippen molar-refractivity contribution < 1.29 is 4.79 Å². The minimum absolute atomic E-state index is 0.0985. The van der Waals surface area contributed by atoms with Gasteiger partial charge in [-0.1, -0.05) is 48.2 Å². The van der Waals surface area contributed by atoms with Crippen molar-refractivity contribution in [1.82, 2.24) is 14.8 Å². The highest BCUT2D eigenvalue weighted by Gasteiger charge is 2.19. The van der Waals surface area contributed by atoms with Gasteiger partial charge in [0, 0.05) is 12.1 Å². The second kappa shape index (κ2) is 6.52. The van der Waals surface area contributed by atoms with Gasteiger partial charge in [-0.15, -0.1) is 16.8 Å². The van der Waals surface area contributed by atoms with E-state index in [1.807, 2.05) is 48.7 Å². The van der Waals surface area contributed by atoms with E-state index in [2.05, 4.69) is 16.8 Å². The van der Waals surface area contributed by atoms with Gasteiger partial charge in [0.15, 0.2) is 10.9 Å². The maximum atomic E-state index is 12.3. The predicted molar refractivity (Wildman–Crippen MR) is 81.0 cm³/mol. The van der Waals surface area contributed by atoms with Crippen LogP contribution < -0.4 is 0 Å². The third kappa shape index (κ3) is 3.17. The summed E-state index contributed by atoms with van der Waals surface area (Å²) in [6, 6.07) is 9.31. The summed E-state index contributed by atoms with van der Waals surface area (Å²) in [5.41, 5.74) is 0.721. The van der Waals surface area contributed by atoms with Gasteiger partial charge in [-0.2, -0.15) is 0 Å². The maximum absolute atomic E-state index is 12.3. The Morgan fingerprint density at radius 2 is 2.10 bits per heavy atom. The van der Waals surface area contributed by atoms with Crippen molar-refractivity contribution in [3.8, 4) is 0 Å². The van der Waals surface area contributed by atoms with Gasteiger partial charge in [-0.25, -0.2) is 0 Å². The Kier molecular flexibility index (Phi) is 4.74. The molecule has 0 saturated carbocycles. The van der Waals surface area contributed by atoms with Crippen molar-refractivity contribution in [2.24, 2.45) is 0 Å². The third-order valence-electron chi connectivity index (χ3n) is 2.92. The summed E-state index contributed by atoms with van der Waals surface area (Å²) in [5, 5.41) is 8.72. The number of hydrogen-bond acceptors (Lipinski definition) is 4. The van der Waals surface area contributed by atoms with E-state index in [-0.39, 0.29) is 11.0 Å². The lowest BCUT2D eigenvalue weighted by molar-refractivity contribution is 0.0994. The fraction of sp³-hybridized carbons (Fsp3) is 0.267. The lowest BCUT2D eigenvalue weighted by Crippen LogP contribution is -2.14. The van der Waals surface area contributed by atoms with Crippen LogP contribution in [0, 0.1) is 6.92 Å². The van der Waals surface area contributed by atoms with E-state index in [1.54, 1.807) is 6.08 Å². The Hall–Kier alpha value is -1.88. The number of Topliss-reactive ketones (excluding diaryl/α,β-unsaturated/α-hetero) is 1. The normalized spacial score (nSPS) is 12.1. The van der Waals surface area contributed by atoms with Crippen LogP contribution in [0.3, 0.4) is 0 Å². The first-order chi connectivity index (χ1) is 9.63. The molecule has 1 aromatic carbocycles. The standard InChI is InChI=1S/C15H17N3OS/c1-4-10-18-12(3)16-17-15(18)20-11(2)14(19)13-8-6-5-7-9-13/h4-9,11H,1,10H2,2-3H3. The topological polar surface area (TPSA) is 47.8 Å². The van der Waals surface area contributed by atoms with E-state index < -0.39 is 0 Å². The van der Waals surface area contributed by atoms with Gasteiger partial charge >= 0.3 is 0 Å². The number of rotatable bonds is 6. The number of aryl methyl sites for hydroxylation is 1. The van der Waals surface area contributed by atoms with Gasteiger partial charge < -0.3 is 4.57 Å². The van der Waals surface area contributed by atoms with E-state index in [0.29, 0.717) is 6.54 Å². The van der Waals surface area contributed by atoms with E-state index in [1.165, 1.54) is 11.8 Å². The van der Waals surface area contributed by atoms with E-state index in [0.717, 1.165) is 16.5 Å². The van der Waals surface area contributed by atoms with Gasteiger partial charge in [0.05, 0.1) is 5.25 Å². The number of allylic oxidation sites excluding steroid dienone is 1. The molecule has 0 amide bonds. The molecule has 2 rings (SSSR count). The molecule has 1 unspecified atom stereocenters. The van der Waals surface area contributed by atoms with Crippen LogP contribution in [0.15, 0.2) is 48.1 Å². The number of carbonyl (C=O) groups is 1. The summed E-state index contributed by atoms with van der Waals surface area (Å²) in [5.74, 6) is 0.924. The summed E-state index contributed by atoms with van der Waals surface area (Å²) in [4.78, 5) is 12.3. The summed E-state index contributed by atoms with van der Waals surface area (Å²) >= 11 is 1.43. The smallest absolute Gasteiger partial charge is 0.192 e. The molecular weight excluding hydrogens is 270 g/mol. The molecule has 0 aliphatic rings. The second-order valence-electron chi connectivity index (χ2n) is 4.42. The minimum atomic E-state index is -0.204. The fourth-order valence-electron chi connectivity index (χ4n) is 1.84. The molecule has 1 atom stereocenters. The molecule has 0 aliphatic carbocycles. The lowest BCUT2D eigenvalue weighted by atomic mass is 10.1. The van der Waals surface area contributed by atoms with Crippen molar-refractivity contribution in [3.63, 3.8) is 0 Å². The highest BCUT2D eigenvalue weighted by atomic mass is 32.2. The van der Waals surface area contributed by atoms with Crippen molar-refractivity contribution in [2.75, 3.05) is 0 Å². The first kappa shape index (κ1) is 14.5. The second-order valence-corrected chi connectivity index (χ2v) is 5.73. The lowest BCUT2D eigenvalue weighted by Gasteiger charge is -2.10. The molecule has 0 radical (unpaired) electrons. The summed E-state index contributed by atoms with van der Waals surface area (Å²) in [7, 11) is 0. The van der Waals surface area contributed by atoms with Crippen molar-refractivity contribution >= 4 is 17.5 Å². The molecule has 0 aliphatic heterocycles. The number of carbonyl (C=O) groups excluding carboxylic acids is 1. The third-order valence-corrected chi connectivity index (χ3v) is 4.00. The molecule has 1 aromatic heterocycles. The number of hydrogen-bond donors (Lipinski definition) is 0. The first-order valence-corrected chi connectivity index (χ1v) is 7.28. The number of thioether (sulfide) groups is 1. The van der Waals surface area contributed by atoms with Crippen LogP contribution in [0.4, 0.5) is 0 Å². The first-order valence-electron chi connectivity index (χ1n) is 6.40. The van der Waals surface area contributed by atoms with Gasteiger partial charge in [-0.3, -0.25) is 4.79 Å². The van der Waals surface area contributed by atoms with Crippen LogP contribution in [-0.2, 0) is 6.54 Å². The van der Waals surface area contributed by atoms with Gasteiger partial charge in [-0.05, 0) is 13.8 Å². The molecule has 0 bridgehead atoms. The van der Waals surface area contributed by atoms with Crippen LogP contribution in [-0.4, -0.2) is 25.8 Å². The Morgan fingerprint density at radius 3 is 2.75 bits per heavy atom. The highest BCUT2D eigenvalue weighted by Crippen LogP contribution is 2.24. The molecule has 1 heterocycles. The Balaban J connectivity index is 2.14. The highest BCUT2D eigenvalue weighted by molar-refractivity contribution is 8.00. The van der Waals surface area contributed by atoms with Crippen LogP contribution in [0.1, 0.15) is 23.1 Å². The summed E-state index contributed by atoms with van der Waals surface area (Å²) < 4.78 is 1.95. The zero-order chi connectivity index (χ0) is 14.5. The van der Waals surface area contributed by atoms with E-state index in [4.69, 9.17) is 0 Å². The SMILES string of the molecule is C=CCn1c(C)nnc1SC(C)C(=O)c1ccccc1. The number of nitrogens with zero attached hydrogens (tertiary/aromatic N) is 3. The van der Waals surface area contributed by atoms with E-state index >= 15 is 0 Å². The molecule has 0 fully saturated rings. The average Bonchev–Trinajstić information content (AvgIpc) is 2.81. The Bertz CT molecular complexity index is 607. The molecule has 0 saturated heterocycles. The molecule has 20 heavy (non-hydrogen) atoms. The average molecular weight is 287 g/mol. The number of aromatic nitrogens is 3. The molecule has 2 aromatic rings. The Morgan fingerprint density at radius 1 is 1.40 bits per heavy atom. The molecular formula is C15H17N3OS. The van der Waals surface area contributed by atoms with Gasteiger partial charge in [0.1, 0.15) is 5.82 Å². The number of benzene rings is 1. The number of ketones is 1. The van der Waals surface area contributed by atoms with Crippen LogP contribution in [0.25, 0.3) is 0 Å². The van der Waals surface area contributed by atoms with Crippen molar-refractivity contribution in [1.29, 1.82) is 0 Å². The molecule has 0 spiro atoms. The largest absolute Gasteiger partial charge is 0.302 e. The maximum Gasteiger partial charge on any atom is 0.192 e. The van der Waals surface area contributed by atoms with Gasteiger partial charge in [0.25, 0.3) is 0 Å². The molecule has 0 N–H and O–H groups in total. The van der Waals surface area contributed by atoms with E-state index in [9.17, 15) is 4.79 Å². The van der Waals surface area contributed by atoms with Crippen molar-refractivity contribution in [2.45, 2.75) is 30.8 Å². The predicted octanol–water partition coefficient (Wildman–Crippen LogP) is 3.14. The van der Waals surface area contributed by atoms with Gasteiger partial charge in [0.2, 0.25) is 0 Å². The monoisotopic (exact) mass is 287 g/mol. The summed E-state index contributed by atoms with van der Waals surface area (Å²) in [6.45, 7) is 8.16. The summed E-state index contributed by atoms with van der Waals surface area (Å²) in [6.07, 6.45) is 1.80. The molecule has 4 nitrogen and oxygen atoms in total. The Labute approximate surface area is 122 Å². The zero-order valence-corrected chi connectivity index (χ0v) is 12.4. The quantitative estimate of drug-likeness (QED) is 0.465. The molecule has 5 heteroatoms. The molecule has 104 valence electrons. The van der Waals surface area contributed by atoms with Crippen LogP contribution in [0.5, 0.6) is 0 Å². The van der Waals surface area contributed by atoms with Crippen LogP contribution >= 0.6 is 11.8 Å². The van der Waals surface area contributed by atoms with Crippen molar-refractivity contribution in [3.05, 3.63) is 54.4 Å².